The quantitative estimate of drug-likeness (QED) is 0.866. The Balaban J connectivity index is 2.01. The Kier molecular flexibility index (Phi) is 3.56. The van der Waals surface area contributed by atoms with E-state index in [4.69, 9.17) is 9.84 Å². The normalized spacial score (nSPS) is 16.1. The molecule has 1 aliphatic carbocycles. The van der Waals surface area contributed by atoms with Crippen LogP contribution in [0.5, 0.6) is 6.01 Å². The predicted octanol–water partition coefficient (Wildman–Crippen LogP) is 2.05. The van der Waals surface area contributed by atoms with E-state index in [1.165, 1.54) is 31.7 Å². The molecule has 0 spiro atoms. The molecule has 0 aliphatic heterocycles. The molecule has 5 nitrogen and oxygen atoms in total. The molecule has 92 valence electrons. The van der Waals surface area contributed by atoms with Crippen LogP contribution in [0.4, 0.5) is 0 Å². The number of aromatic nitrogens is 2. The molecule has 1 saturated carbocycles. The van der Waals surface area contributed by atoms with E-state index < -0.39 is 5.97 Å². The van der Waals surface area contributed by atoms with Crippen LogP contribution in [0.2, 0.25) is 0 Å². The van der Waals surface area contributed by atoms with Gasteiger partial charge in [0.05, 0.1) is 6.61 Å². The molecule has 5 heteroatoms. The first-order valence-electron chi connectivity index (χ1n) is 5.87. The van der Waals surface area contributed by atoms with E-state index in [9.17, 15) is 4.79 Å². The van der Waals surface area contributed by atoms with Crippen LogP contribution in [0.3, 0.4) is 0 Å². The van der Waals surface area contributed by atoms with Gasteiger partial charge in [-0.1, -0.05) is 12.8 Å². The van der Waals surface area contributed by atoms with E-state index in [0.29, 0.717) is 18.2 Å². The van der Waals surface area contributed by atoms with E-state index in [0.717, 1.165) is 0 Å². The maximum absolute atomic E-state index is 10.8. The van der Waals surface area contributed by atoms with Crippen molar-refractivity contribution in [3.8, 4) is 6.01 Å². The summed E-state index contributed by atoms with van der Waals surface area (Å²) in [7, 11) is 0. The number of aryl methyl sites for hydroxylation is 1. The number of nitrogens with zero attached hydrogens (tertiary/aromatic N) is 2. The highest BCUT2D eigenvalue weighted by atomic mass is 16.5. The van der Waals surface area contributed by atoms with Gasteiger partial charge in [0.15, 0.2) is 5.69 Å². The first-order valence-corrected chi connectivity index (χ1v) is 5.87. The van der Waals surface area contributed by atoms with Gasteiger partial charge in [0.1, 0.15) is 0 Å². The van der Waals surface area contributed by atoms with Crippen molar-refractivity contribution in [2.24, 2.45) is 5.92 Å². The van der Waals surface area contributed by atoms with Gasteiger partial charge in [-0.15, -0.1) is 0 Å². The smallest absolute Gasteiger partial charge is 0.354 e. The number of carbonyl (C=O) groups is 1. The molecular weight excluding hydrogens is 220 g/mol. The van der Waals surface area contributed by atoms with Gasteiger partial charge >= 0.3 is 12.0 Å². The third-order valence-corrected chi connectivity index (χ3v) is 2.98. The van der Waals surface area contributed by atoms with E-state index in [1.54, 1.807) is 6.92 Å². The van der Waals surface area contributed by atoms with Gasteiger partial charge in [0, 0.05) is 5.69 Å². The molecule has 17 heavy (non-hydrogen) atoms. The van der Waals surface area contributed by atoms with Crippen molar-refractivity contribution in [3.63, 3.8) is 0 Å². The fourth-order valence-electron chi connectivity index (χ4n) is 2.08. The number of aromatic carboxylic acids is 1. The van der Waals surface area contributed by atoms with Crippen molar-refractivity contribution in [1.82, 2.24) is 9.97 Å². The van der Waals surface area contributed by atoms with Gasteiger partial charge < -0.3 is 9.84 Å². The number of carboxylic acid groups (broad SMARTS) is 1. The third-order valence-electron chi connectivity index (χ3n) is 2.98. The average Bonchev–Trinajstić information content (AvgIpc) is 2.78. The Bertz CT molecular complexity index is 414. The van der Waals surface area contributed by atoms with Gasteiger partial charge in [-0.3, -0.25) is 0 Å². The molecule has 0 amide bonds. The van der Waals surface area contributed by atoms with Crippen molar-refractivity contribution in [2.75, 3.05) is 6.61 Å². The highest BCUT2D eigenvalue weighted by molar-refractivity contribution is 5.85. The zero-order valence-electron chi connectivity index (χ0n) is 9.85. The minimum atomic E-state index is -1.05. The zero-order valence-corrected chi connectivity index (χ0v) is 9.85. The van der Waals surface area contributed by atoms with Crippen LogP contribution in [-0.4, -0.2) is 27.7 Å². The standard InChI is InChI=1S/C12H16N2O3/c1-8-6-10(11(15)16)14-12(13-8)17-7-9-4-2-3-5-9/h6,9H,2-5,7H2,1H3,(H,15,16). The van der Waals surface area contributed by atoms with Gasteiger partial charge in [0.2, 0.25) is 0 Å². The Morgan fingerprint density at radius 2 is 2.18 bits per heavy atom. The van der Waals surface area contributed by atoms with E-state index in [2.05, 4.69) is 9.97 Å². The first-order chi connectivity index (χ1) is 8.15. The van der Waals surface area contributed by atoms with E-state index in [-0.39, 0.29) is 11.7 Å². The monoisotopic (exact) mass is 236 g/mol. The second-order valence-corrected chi connectivity index (χ2v) is 4.44. The molecular formula is C12H16N2O3. The van der Waals surface area contributed by atoms with E-state index >= 15 is 0 Å². The SMILES string of the molecule is Cc1cc(C(=O)O)nc(OCC2CCCC2)n1. The minimum absolute atomic E-state index is 0.0149. The van der Waals surface area contributed by atoms with Gasteiger partial charge in [-0.05, 0) is 31.7 Å². The molecule has 1 heterocycles. The molecule has 0 aromatic carbocycles. The van der Waals surface area contributed by atoms with Gasteiger partial charge in [0.25, 0.3) is 0 Å². The number of rotatable bonds is 4. The van der Waals surface area contributed by atoms with Crippen LogP contribution in [0.25, 0.3) is 0 Å². The number of hydrogen-bond acceptors (Lipinski definition) is 4. The molecule has 1 fully saturated rings. The third kappa shape index (κ3) is 3.15. The van der Waals surface area contributed by atoms with Gasteiger partial charge in [-0.25, -0.2) is 9.78 Å². The lowest BCUT2D eigenvalue weighted by Crippen LogP contribution is -2.12. The average molecular weight is 236 g/mol. The lowest BCUT2D eigenvalue weighted by Gasteiger charge is -2.10. The summed E-state index contributed by atoms with van der Waals surface area (Å²) < 4.78 is 5.48. The molecule has 1 N–H and O–H groups in total. The molecule has 0 atom stereocenters. The molecule has 0 saturated heterocycles. The van der Waals surface area contributed by atoms with Crippen LogP contribution in [0.15, 0.2) is 6.07 Å². The van der Waals surface area contributed by atoms with Crippen molar-refractivity contribution in [2.45, 2.75) is 32.6 Å². The number of carboxylic acids is 1. The van der Waals surface area contributed by atoms with Crippen molar-refractivity contribution in [3.05, 3.63) is 17.5 Å². The summed E-state index contributed by atoms with van der Waals surface area (Å²) in [6.07, 6.45) is 4.86. The number of hydrogen-bond donors (Lipinski definition) is 1. The molecule has 0 unspecified atom stereocenters. The summed E-state index contributed by atoms with van der Waals surface area (Å²) in [5, 5.41) is 8.87. The summed E-state index contributed by atoms with van der Waals surface area (Å²) in [4.78, 5) is 18.8. The largest absolute Gasteiger partial charge is 0.477 e. The number of ether oxygens (including phenoxy) is 1. The van der Waals surface area contributed by atoms with Crippen molar-refractivity contribution >= 4 is 5.97 Å². The van der Waals surface area contributed by atoms with Crippen molar-refractivity contribution < 1.29 is 14.6 Å². The van der Waals surface area contributed by atoms with E-state index in [1.807, 2.05) is 0 Å². The lowest BCUT2D eigenvalue weighted by molar-refractivity contribution is 0.0688. The summed E-state index contributed by atoms with van der Waals surface area (Å²) in [5.74, 6) is -0.492. The minimum Gasteiger partial charge on any atom is -0.477 e. The maximum Gasteiger partial charge on any atom is 0.354 e. The Morgan fingerprint density at radius 1 is 1.47 bits per heavy atom. The molecule has 1 aromatic heterocycles. The molecule has 0 bridgehead atoms. The van der Waals surface area contributed by atoms with Gasteiger partial charge in [-0.2, -0.15) is 4.98 Å². The lowest BCUT2D eigenvalue weighted by atomic mass is 10.1. The van der Waals surface area contributed by atoms with Crippen molar-refractivity contribution in [1.29, 1.82) is 0 Å². The molecule has 2 rings (SSSR count). The summed E-state index contributed by atoms with van der Waals surface area (Å²) in [6, 6.07) is 1.61. The zero-order chi connectivity index (χ0) is 12.3. The Morgan fingerprint density at radius 3 is 2.82 bits per heavy atom. The maximum atomic E-state index is 10.8. The molecule has 1 aliphatic rings. The van der Waals surface area contributed by atoms with Crippen LogP contribution in [0.1, 0.15) is 41.9 Å². The topological polar surface area (TPSA) is 72.3 Å². The van der Waals surface area contributed by atoms with Crippen LogP contribution >= 0.6 is 0 Å². The first kappa shape index (κ1) is 11.8. The fraction of sp³-hybridized carbons (Fsp3) is 0.583. The Labute approximate surface area is 99.9 Å². The second-order valence-electron chi connectivity index (χ2n) is 4.44. The summed E-state index contributed by atoms with van der Waals surface area (Å²) in [6.45, 7) is 2.32. The predicted molar refractivity (Wildman–Crippen MR) is 61.2 cm³/mol. The fourth-order valence-corrected chi connectivity index (χ4v) is 2.08. The molecule has 1 aromatic rings. The summed E-state index contributed by atoms with van der Waals surface area (Å²) in [5.41, 5.74) is 0.595. The highest BCUT2D eigenvalue weighted by Crippen LogP contribution is 2.25. The highest BCUT2D eigenvalue weighted by Gasteiger charge is 2.17. The Hall–Kier alpha value is -1.65. The van der Waals surface area contributed by atoms with Crippen LogP contribution in [-0.2, 0) is 0 Å². The van der Waals surface area contributed by atoms with Crippen LogP contribution in [0, 0.1) is 12.8 Å². The molecule has 0 radical (unpaired) electrons. The second kappa shape index (κ2) is 5.12. The van der Waals surface area contributed by atoms with Crippen LogP contribution < -0.4 is 4.74 Å². The summed E-state index contributed by atoms with van der Waals surface area (Å²) >= 11 is 0.